The standard InChI is InChI=1S/C13H10N4O2S/c1-20-13-14-7-5-12(15-13)16-8-6-9-10(16)3-2-4-11(9)17(18)19/h2-8H,1H3. The van der Waals surface area contributed by atoms with Crippen molar-refractivity contribution in [1.82, 2.24) is 14.5 Å². The van der Waals surface area contributed by atoms with Gasteiger partial charge in [-0.05, 0) is 24.5 Å². The third-order valence-corrected chi connectivity index (χ3v) is 3.52. The average Bonchev–Trinajstić information content (AvgIpc) is 2.91. The summed E-state index contributed by atoms with van der Waals surface area (Å²) in [6.07, 6.45) is 5.36. The van der Waals surface area contributed by atoms with E-state index in [9.17, 15) is 10.1 Å². The van der Waals surface area contributed by atoms with Crippen LogP contribution in [-0.2, 0) is 0 Å². The lowest BCUT2D eigenvalue weighted by atomic mass is 10.2. The summed E-state index contributed by atoms with van der Waals surface area (Å²) in [5.41, 5.74) is 0.852. The van der Waals surface area contributed by atoms with E-state index in [0.717, 1.165) is 5.52 Å². The summed E-state index contributed by atoms with van der Waals surface area (Å²) >= 11 is 1.45. The molecule has 0 radical (unpaired) electrons. The van der Waals surface area contributed by atoms with Crippen molar-refractivity contribution < 1.29 is 4.92 Å². The normalized spacial score (nSPS) is 10.8. The first-order chi connectivity index (χ1) is 9.70. The van der Waals surface area contributed by atoms with Gasteiger partial charge in [-0.1, -0.05) is 17.8 Å². The van der Waals surface area contributed by atoms with Crippen molar-refractivity contribution in [3.05, 3.63) is 52.8 Å². The zero-order valence-corrected chi connectivity index (χ0v) is 11.4. The minimum atomic E-state index is -0.375. The van der Waals surface area contributed by atoms with Crippen LogP contribution in [0.15, 0.2) is 47.9 Å². The topological polar surface area (TPSA) is 73.8 Å². The number of fused-ring (bicyclic) bond motifs is 1. The molecule has 0 saturated carbocycles. The summed E-state index contributed by atoms with van der Waals surface area (Å²) in [4.78, 5) is 19.2. The molecule has 0 unspecified atom stereocenters. The van der Waals surface area contributed by atoms with Crippen LogP contribution >= 0.6 is 11.8 Å². The van der Waals surface area contributed by atoms with Gasteiger partial charge in [-0.25, -0.2) is 9.97 Å². The summed E-state index contributed by atoms with van der Waals surface area (Å²) in [6, 6.07) is 8.52. The summed E-state index contributed by atoms with van der Waals surface area (Å²) in [5.74, 6) is 0.694. The van der Waals surface area contributed by atoms with Crippen LogP contribution in [0.4, 0.5) is 5.69 Å². The fourth-order valence-electron chi connectivity index (χ4n) is 2.07. The van der Waals surface area contributed by atoms with Gasteiger partial charge in [0, 0.05) is 18.5 Å². The van der Waals surface area contributed by atoms with E-state index in [1.54, 1.807) is 30.6 Å². The Labute approximate surface area is 118 Å². The molecule has 6 nitrogen and oxygen atoms in total. The molecule has 3 rings (SSSR count). The Kier molecular flexibility index (Phi) is 3.11. The van der Waals surface area contributed by atoms with Crippen molar-refractivity contribution in [3.63, 3.8) is 0 Å². The lowest BCUT2D eigenvalue weighted by Gasteiger charge is -2.05. The Morgan fingerprint density at radius 3 is 2.90 bits per heavy atom. The first kappa shape index (κ1) is 12.6. The molecule has 0 aliphatic carbocycles. The monoisotopic (exact) mass is 286 g/mol. The van der Waals surface area contributed by atoms with E-state index < -0.39 is 0 Å². The largest absolute Gasteiger partial charge is 0.301 e. The minimum Gasteiger partial charge on any atom is -0.301 e. The highest BCUT2D eigenvalue weighted by atomic mass is 32.2. The van der Waals surface area contributed by atoms with Crippen LogP contribution < -0.4 is 0 Å². The van der Waals surface area contributed by atoms with E-state index >= 15 is 0 Å². The molecule has 0 aliphatic heterocycles. The number of nitrogens with zero attached hydrogens (tertiary/aromatic N) is 4. The van der Waals surface area contributed by atoms with Crippen LogP contribution in [0.1, 0.15) is 0 Å². The third kappa shape index (κ3) is 2.01. The molecule has 0 saturated heterocycles. The maximum Gasteiger partial charge on any atom is 0.278 e. The molecule has 0 aliphatic rings. The molecule has 0 spiro atoms. The lowest BCUT2D eigenvalue weighted by Crippen LogP contribution is -1.98. The molecule has 2 heterocycles. The van der Waals surface area contributed by atoms with E-state index in [-0.39, 0.29) is 10.6 Å². The smallest absolute Gasteiger partial charge is 0.278 e. The third-order valence-electron chi connectivity index (χ3n) is 2.95. The molecule has 7 heteroatoms. The summed E-state index contributed by atoms with van der Waals surface area (Å²) < 4.78 is 1.82. The number of hydrogen-bond acceptors (Lipinski definition) is 5. The van der Waals surface area contributed by atoms with Crippen LogP contribution in [0.3, 0.4) is 0 Å². The second-order valence-electron chi connectivity index (χ2n) is 4.05. The number of thioether (sulfide) groups is 1. The van der Waals surface area contributed by atoms with Crippen molar-refractivity contribution in [3.8, 4) is 5.82 Å². The highest BCUT2D eigenvalue weighted by Gasteiger charge is 2.14. The predicted molar refractivity (Wildman–Crippen MR) is 77.3 cm³/mol. The van der Waals surface area contributed by atoms with Crippen LogP contribution in [0.25, 0.3) is 16.7 Å². The Balaban J connectivity index is 2.22. The van der Waals surface area contributed by atoms with Crippen molar-refractivity contribution in [1.29, 1.82) is 0 Å². The summed E-state index contributed by atoms with van der Waals surface area (Å²) in [5, 5.41) is 12.3. The lowest BCUT2D eigenvalue weighted by molar-refractivity contribution is -0.383. The maximum absolute atomic E-state index is 11.0. The van der Waals surface area contributed by atoms with Crippen molar-refractivity contribution >= 4 is 28.4 Å². The van der Waals surface area contributed by atoms with E-state index in [0.29, 0.717) is 16.4 Å². The summed E-state index contributed by atoms with van der Waals surface area (Å²) in [7, 11) is 0. The number of rotatable bonds is 3. The molecule has 20 heavy (non-hydrogen) atoms. The number of nitro groups is 1. The molecule has 0 atom stereocenters. The number of hydrogen-bond donors (Lipinski definition) is 0. The predicted octanol–water partition coefficient (Wildman–Crippen LogP) is 3.05. The molecular formula is C13H10N4O2S. The molecule has 100 valence electrons. The fourth-order valence-corrected chi connectivity index (χ4v) is 2.43. The van der Waals surface area contributed by atoms with Gasteiger partial charge in [-0.15, -0.1) is 0 Å². The molecule has 0 bridgehead atoms. The van der Waals surface area contributed by atoms with E-state index in [1.807, 2.05) is 16.9 Å². The molecule has 3 aromatic rings. The second-order valence-corrected chi connectivity index (χ2v) is 4.83. The van der Waals surface area contributed by atoms with Gasteiger partial charge >= 0.3 is 0 Å². The molecule has 0 amide bonds. The average molecular weight is 286 g/mol. The van der Waals surface area contributed by atoms with Gasteiger partial charge < -0.3 is 4.57 Å². The number of nitro benzene ring substituents is 1. The quantitative estimate of drug-likeness (QED) is 0.320. The van der Waals surface area contributed by atoms with Crippen molar-refractivity contribution in [2.75, 3.05) is 6.26 Å². The fraction of sp³-hybridized carbons (Fsp3) is 0.0769. The highest BCUT2D eigenvalue weighted by molar-refractivity contribution is 7.98. The number of aromatic nitrogens is 3. The first-order valence-corrected chi connectivity index (χ1v) is 7.05. The van der Waals surface area contributed by atoms with Gasteiger partial charge in [0.2, 0.25) is 0 Å². The van der Waals surface area contributed by atoms with Gasteiger partial charge in [0.25, 0.3) is 5.69 Å². The van der Waals surface area contributed by atoms with Crippen LogP contribution in [0.5, 0.6) is 0 Å². The Morgan fingerprint density at radius 1 is 1.30 bits per heavy atom. The summed E-state index contributed by atoms with van der Waals surface area (Å²) in [6.45, 7) is 0. The number of non-ortho nitro benzene ring substituents is 1. The van der Waals surface area contributed by atoms with Gasteiger partial charge in [-0.2, -0.15) is 0 Å². The van der Waals surface area contributed by atoms with Crippen LogP contribution in [-0.4, -0.2) is 25.7 Å². The second kappa shape index (κ2) is 4.93. The van der Waals surface area contributed by atoms with Crippen LogP contribution in [0, 0.1) is 10.1 Å². The Bertz CT molecular complexity index is 800. The minimum absolute atomic E-state index is 0.0976. The molecular weight excluding hydrogens is 276 g/mol. The van der Waals surface area contributed by atoms with Crippen LogP contribution in [0.2, 0.25) is 0 Å². The Morgan fingerprint density at radius 2 is 2.15 bits per heavy atom. The SMILES string of the molecule is CSc1nccc(-n2ccc3c([N+](=O)[O-])cccc32)n1. The molecule has 0 N–H and O–H groups in total. The van der Waals surface area contributed by atoms with Crippen molar-refractivity contribution in [2.45, 2.75) is 5.16 Å². The highest BCUT2D eigenvalue weighted by Crippen LogP contribution is 2.28. The Hall–Kier alpha value is -2.41. The molecule has 0 fully saturated rings. The maximum atomic E-state index is 11.0. The van der Waals surface area contributed by atoms with Gasteiger partial charge in [0.1, 0.15) is 5.82 Å². The first-order valence-electron chi connectivity index (χ1n) is 5.82. The molecule has 2 aromatic heterocycles. The number of benzene rings is 1. The van der Waals surface area contributed by atoms with Gasteiger partial charge in [-0.3, -0.25) is 10.1 Å². The van der Waals surface area contributed by atoms with Gasteiger partial charge in [0.15, 0.2) is 5.16 Å². The zero-order valence-electron chi connectivity index (χ0n) is 10.6. The van der Waals surface area contributed by atoms with E-state index in [4.69, 9.17) is 0 Å². The van der Waals surface area contributed by atoms with Crippen molar-refractivity contribution in [2.24, 2.45) is 0 Å². The van der Waals surface area contributed by atoms with Gasteiger partial charge in [0.05, 0.1) is 15.8 Å². The molecule has 1 aromatic carbocycles. The zero-order chi connectivity index (χ0) is 14.1. The van der Waals surface area contributed by atoms with E-state index in [2.05, 4.69) is 9.97 Å². The van der Waals surface area contributed by atoms with E-state index in [1.165, 1.54) is 17.8 Å².